The highest BCUT2D eigenvalue weighted by molar-refractivity contribution is 5.77. The van der Waals surface area contributed by atoms with Gasteiger partial charge in [-0.25, -0.2) is 0 Å². The van der Waals surface area contributed by atoms with E-state index in [0.29, 0.717) is 0 Å². The second-order valence-electron chi connectivity index (χ2n) is 3.12. The van der Waals surface area contributed by atoms with E-state index in [2.05, 4.69) is 6.07 Å². The first-order valence-electron chi connectivity index (χ1n) is 4.47. The van der Waals surface area contributed by atoms with Crippen molar-refractivity contribution in [3.8, 4) is 0 Å². The molecule has 0 saturated carbocycles. The van der Waals surface area contributed by atoms with Crippen LogP contribution in [0.2, 0.25) is 0 Å². The van der Waals surface area contributed by atoms with Gasteiger partial charge in [0.05, 0.1) is 6.26 Å². The summed E-state index contributed by atoms with van der Waals surface area (Å²) in [6.45, 7) is 0.253. The predicted octanol–water partition coefficient (Wildman–Crippen LogP) is 2.36. The maximum Gasteiger partial charge on any atom is 0.133 e. The molecule has 0 aliphatic rings. The summed E-state index contributed by atoms with van der Waals surface area (Å²) in [5, 5.41) is 9.82. The van der Waals surface area contributed by atoms with Gasteiger partial charge in [-0.15, -0.1) is 0 Å². The standard InChI is InChI=1S/C11H12O2/c12-6-1-2-9-3-4-11-10(8-9)5-7-13-11/h3-5,7-8,12H,1-2,6H2. The van der Waals surface area contributed by atoms with Crippen molar-refractivity contribution in [2.24, 2.45) is 0 Å². The van der Waals surface area contributed by atoms with E-state index in [4.69, 9.17) is 9.52 Å². The van der Waals surface area contributed by atoms with E-state index in [0.717, 1.165) is 23.8 Å². The minimum Gasteiger partial charge on any atom is -0.464 e. The van der Waals surface area contributed by atoms with E-state index < -0.39 is 0 Å². The van der Waals surface area contributed by atoms with Gasteiger partial charge >= 0.3 is 0 Å². The number of fused-ring (bicyclic) bond motifs is 1. The van der Waals surface area contributed by atoms with Gasteiger partial charge in [0.25, 0.3) is 0 Å². The fourth-order valence-corrected chi connectivity index (χ4v) is 1.45. The Balaban J connectivity index is 2.26. The molecule has 0 aliphatic carbocycles. The van der Waals surface area contributed by atoms with Crippen LogP contribution >= 0.6 is 0 Å². The van der Waals surface area contributed by atoms with E-state index in [-0.39, 0.29) is 6.61 Å². The molecule has 0 spiro atoms. The summed E-state index contributed by atoms with van der Waals surface area (Å²) in [7, 11) is 0. The van der Waals surface area contributed by atoms with Crippen LogP contribution in [-0.4, -0.2) is 11.7 Å². The molecule has 0 fully saturated rings. The number of aliphatic hydroxyl groups is 1. The van der Waals surface area contributed by atoms with Crippen molar-refractivity contribution in [3.05, 3.63) is 36.1 Å². The molecule has 2 nitrogen and oxygen atoms in total. The molecule has 2 rings (SSSR count). The van der Waals surface area contributed by atoms with Gasteiger partial charge in [-0.1, -0.05) is 6.07 Å². The second kappa shape index (κ2) is 3.62. The molecule has 0 unspecified atom stereocenters. The Morgan fingerprint density at radius 3 is 3.00 bits per heavy atom. The van der Waals surface area contributed by atoms with E-state index in [9.17, 15) is 0 Å². The summed E-state index contributed by atoms with van der Waals surface area (Å²) >= 11 is 0. The first kappa shape index (κ1) is 8.32. The summed E-state index contributed by atoms with van der Waals surface area (Å²) in [6.07, 6.45) is 3.45. The molecule has 0 radical (unpaired) electrons. The van der Waals surface area contributed by atoms with Crippen LogP contribution in [-0.2, 0) is 6.42 Å². The molecule has 1 aromatic carbocycles. The van der Waals surface area contributed by atoms with Gasteiger partial charge in [0.1, 0.15) is 5.58 Å². The molecule has 1 N–H and O–H groups in total. The fourth-order valence-electron chi connectivity index (χ4n) is 1.45. The first-order valence-corrected chi connectivity index (χ1v) is 4.47. The highest BCUT2D eigenvalue weighted by atomic mass is 16.3. The van der Waals surface area contributed by atoms with Gasteiger partial charge in [-0.2, -0.15) is 0 Å². The van der Waals surface area contributed by atoms with Gasteiger partial charge in [0.15, 0.2) is 0 Å². The van der Waals surface area contributed by atoms with Crippen LogP contribution in [0.5, 0.6) is 0 Å². The van der Waals surface area contributed by atoms with Crippen molar-refractivity contribution in [1.29, 1.82) is 0 Å². The third kappa shape index (κ3) is 1.73. The Morgan fingerprint density at radius 2 is 2.15 bits per heavy atom. The first-order chi connectivity index (χ1) is 6.40. The Bertz CT molecular complexity index is 390. The van der Waals surface area contributed by atoms with Gasteiger partial charge in [0, 0.05) is 12.0 Å². The van der Waals surface area contributed by atoms with Crippen LogP contribution in [0.15, 0.2) is 34.9 Å². The molecule has 1 aromatic heterocycles. The summed E-state index contributed by atoms with van der Waals surface area (Å²) in [5.41, 5.74) is 2.18. The molecule has 13 heavy (non-hydrogen) atoms. The Kier molecular flexibility index (Phi) is 2.32. The van der Waals surface area contributed by atoms with E-state index in [1.54, 1.807) is 6.26 Å². The number of aryl methyl sites for hydroxylation is 1. The highest BCUT2D eigenvalue weighted by Gasteiger charge is 1.98. The van der Waals surface area contributed by atoms with Crippen LogP contribution in [0.25, 0.3) is 11.0 Å². The topological polar surface area (TPSA) is 33.4 Å². The predicted molar refractivity (Wildman–Crippen MR) is 51.6 cm³/mol. The second-order valence-corrected chi connectivity index (χ2v) is 3.12. The average Bonchev–Trinajstić information content (AvgIpc) is 2.61. The van der Waals surface area contributed by atoms with Crippen molar-refractivity contribution < 1.29 is 9.52 Å². The van der Waals surface area contributed by atoms with E-state index in [1.165, 1.54) is 5.56 Å². The lowest BCUT2D eigenvalue weighted by atomic mass is 10.1. The van der Waals surface area contributed by atoms with Gasteiger partial charge in [0.2, 0.25) is 0 Å². The van der Waals surface area contributed by atoms with Crippen LogP contribution < -0.4 is 0 Å². The maximum atomic E-state index is 8.68. The molecular formula is C11H12O2. The summed E-state index contributed by atoms with van der Waals surface area (Å²) in [5.74, 6) is 0. The Morgan fingerprint density at radius 1 is 1.23 bits per heavy atom. The molecule has 0 aliphatic heterocycles. The third-order valence-electron chi connectivity index (χ3n) is 2.14. The van der Waals surface area contributed by atoms with Crippen LogP contribution in [0.1, 0.15) is 12.0 Å². The molecule has 2 aromatic rings. The summed E-state index contributed by atoms with van der Waals surface area (Å²) in [4.78, 5) is 0. The Labute approximate surface area is 76.8 Å². The zero-order valence-corrected chi connectivity index (χ0v) is 7.36. The number of hydrogen-bond donors (Lipinski definition) is 1. The molecular weight excluding hydrogens is 164 g/mol. The highest BCUT2D eigenvalue weighted by Crippen LogP contribution is 2.17. The molecule has 1 heterocycles. The lowest BCUT2D eigenvalue weighted by molar-refractivity contribution is 0.288. The third-order valence-corrected chi connectivity index (χ3v) is 2.14. The smallest absolute Gasteiger partial charge is 0.133 e. The van der Waals surface area contributed by atoms with Gasteiger partial charge < -0.3 is 9.52 Å². The molecule has 0 amide bonds. The molecule has 68 valence electrons. The molecule has 2 heteroatoms. The van der Waals surface area contributed by atoms with Crippen LogP contribution in [0.4, 0.5) is 0 Å². The molecule has 0 bridgehead atoms. The maximum absolute atomic E-state index is 8.68. The summed E-state index contributed by atoms with van der Waals surface area (Å²) < 4.78 is 5.23. The number of benzene rings is 1. The largest absolute Gasteiger partial charge is 0.464 e. The normalized spacial score (nSPS) is 10.8. The van der Waals surface area contributed by atoms with Crippen LogP contribution in [0.3, 0.4) is 0 Å². The van der Waals surface area contributed by atoms with Crippen molar-refractivity contribution in [3.63, 3.8) is 0 Å². The van der Waals surface area contributed by atoms with E-state index in [1.807, 2.05) is 18.2 Å². The number of aliphatic hydroxyl groups excluding tert-OH is 1. The van der Waals surface area contributed by atoms with Crippen molar-refractivity contribution >= 4 is 11.0 Å². The zero-order chi connectivity index (χ0) is 9.10. The minimum atomic E-state index is 0.253. The van der Waals surface area contributed by atoms with Crippen molar-refractivity contribution in [1.82, 2.24) is 0 Å². The Hall–Kier alpha value is -1.28. The zero-order valence-electron chi connectivity index (χ0n) is 7.36. The van der Waals surface area contributed by atoms with Gasteiger partial charge in [-0.05, 0) is 36.6 Å². The SMILES string of the molecule is OCCCc1ccc2occc2c1. The van der Waals surface area contributed by atoms with E-state index >= 15 is 0 Å². The molecule has 0 saturated heterocycles. The van der Waals surface area contributed by atoms with Crippen LogP contribution in [0, 0.1) is 0 Å². The minimum absolute atomic E-state index is 0.253. The summed E-state index contributed by atoms with van der Waals surface area (Å²) in [6, 6.07) is 8.08. The average molecular weight is 176 g/mol. The number of furan rings is 1. The number of rotatable bonds is 3. The lowest BCUT2D eigenvalue weighted by Crippen LogP contribution is -1.88. The monoisotopic (exact) mass is 176 g/mol. The lowest BCUT2D eigenvalue weighted by Gasteiger charge is -1.98. The molecule has 0 atom stereocenters. The number of hydrogen-bond acceptors (Lipinski definition) is 2. The van der Waals surface area contributed by atoms with Crippen molar-refractivity contribution in [2.45, 2.75) is 12.8 Å². The fraction of sp³-hybridized carbons (Fsp3) is 0.273. The van der Waals surface area contributed by atoms with Crippen molar-refractivity contribution in [2.75, 3.05) is 6.61 Å². The quantitative estimate of drug-likeness (QED) is 0.778. The van der Waals surface area contributed by atoms with Gasteiger partial charge in [-0.3, -0.25) is 0 Å².